The molecule has 110 valence electrons. The van der Waals surface area contributed by atoms with Crippen molar-refractivity contribution in [2.75, 3.05) is 0 Å². The first-order valence-corrected chi connectivity index (χ1v) is 7.94. The Kier molecular flexibility index (Phi) is 2.93. The molecular formula is C20H20N2. The summed E-state index contributed by atoms with van der Waals surface area (Å²) >= 11 is 0. The van der Waals surface area contributed by atoms with Gasteiger partial charge in [0.1, 0.15) is 5.65 Å². The highest BCUT2D eigenvalue weighted by Crippen LogP contribution is 2.33. The molecule has 2 heterocycles. The van der Waals surface area contributed by atoms with E-state index in [-0.39, 0.29) is 0 Å². The Morgan fingerprint density at radius 3 is 2.82 bits per heavy atom. The van der Waals surface area contributed by atoms with Crippen molar-refractivity contribution < 1.29 is 0 Å². The van der Waals surface area contributed by atoms with E-state index in [1.807, 2.05) is 0 Å². The Bertz CT molecular complexity index is 913. The van der Waals surface area contributed by atoms with Gasteiger partial charge in [-0.25, -0.2) is 4.98 Å². The van der Waals surface area contributed by atoms with Gasteiger partial charge < -0.3 is 4.40 Å². The van der Waals surface area contributed by atoms with Gasteiger partial charge in [-0.3, -0.25) is 0 Å². The van der Waals surface area contributed by atoms with Crippen LogP contribution in [0, 0.1) is 13.8 Å². The number of hydrogen-bond acceptors (Lipinski definition) is 1. The number of rotatable bonds is 2. The molecule has 22 heavy (non-hydrogen) atoms. The molecule has 0 radical (unpaired) electrons. The van der Waals surface area contributed by atoms with Gasteiger partial charge in [0, 0.05) is 18.3 Å². The van der Waals surface area contributed by atoms with Crippen molar-refractivity contribution in [2.45, 2.75) is 33.6 Å². The monoisotopic (exact) mass is 288 g/mol. The zero-order valence-corrected chi connectivity index (χ0v) is 13.4. The zero-order chi connectivity index (χ0) is 15.3. The lowest BCUT2D eigenvalue weighted by Crippen LogP contribution is -1.91. The van der Waals surface area contributed by atoms with E-state index in [4.69, 9.17) is 4.98 Å². The first kappa shape index (κ1) is 13.3. The van der Waals surface area contributed by atoms with Crippen LogP contribution in [-0.4, -0.2) is 9.38 Å². The van der Waals surface area contributed by atoms with Gasteiger partial charge in [0.05, 0.1) is 5.69 Å². The third-order valence-corrected chi connectivity index (χ3v) is 4.65. The number of fused-ring (bicyclic) bond motifs is 2. The second-order valence-corrected chi connectivity index (χ2v) is 6.21. The molecule has 0 N–H and O–H groups in total. The molecule has 0 atom stereocenters. The predicted octanol–water partition coefficient (Wildman–Crippen LogP) is 4.61. The molecule has 1 aliphatic carbocycles. The van der Waals surface area contributed by atoms with E-state index < -0.39 is 0 Å². The standard InChI is InChI=1S/C20H20N2/c1-4-15-5-6-16-11-18(12-17(16)10-15)20-14(3)22-8-7-13(2)9-19(22)21-20/h5-10,12H,4,11H2,1-3H3. The van der Waals surface area contributed by atoms with Crippen LogP contribution in [0.15, 0.2) is 36.5 Å². The van der Waals surface area contributed by atoms with E-state index in [1.165, 1.54) is 33.5 Å². The van der Waals surface area contributed by atoms with Crippen molar-refractivity contribution in [1.82, 2.24) is 9.38 Å². The Hall–Kier alpha value is -2.35. The largest absolute Gasteiger partial charge is 0.304 e. The van der Waals surface area contributed by atoms with Crippen molar-refractivity contribution in [2.24, 2.45) is 0 Å². The molecule has 2 heteroatoms. The van der Waals surface area contributed by atoms with Crippen molar-refractivity contribution >= 4 is 17.3 Å². The first-order valence-electron chi connectivity index (χ1n) is 7.94. The molecule has 2 nitrogen and oxygen atoms in total. The van der Waals surface area contributed by atoms with Gasteiger partial charge in [0.15, 0.2) is 0 Å². The average Bonchev–Trinajstić information content (AvgIpc) is 3.07. The Balaban J connectivity index is 1.82. The summed E-state index contributed by atoms with van der Waals surface area (Å²) in [4.78, 5) is 4.88. The summed E-state index contributed by atoms with van der Waals surface area (Å²) in [6.45, 7) is 6.47. The molecule has 0 saturated carbocycles. The van der Waals surface area contributed by atoms with Crippen LogP contribution < -0.4 is 0 Å². The number of hydrogen-bond donors (Lipinski definition) is 0. The van der Waals surface area contributed by atoms with Gasteiger partial charge in [0.25, 0.3) is 0 Å². The molecule has 0 unspecified atom stereocenters. The van der Waals surface area contributed by atoms with E-state index in [0.717, 1.165) is 24.2 Å². The molecule has 1 aliphatic rings. The van der Waals surface area contributed by atoms with Gasteiger partial charge in [-0.15, -0.1) is 0 Å². The lowest BCUT2D eigenvalue weighted by molar-refractivity contribution is 1.09. The SMILES string of the molecule is CCc1ccc2c(c1)C=C(c1nc3cc(C)ccn3c1C)C2. The molecular weight excluding hydrogens is 268 g/mol. The maximum Gasteiger partial charge on any atom is 0.137 e. The maximum absolute atomic E-state index is 4.88. The minimum atomic E-state index is 0.989. The average molecular weight is 288 g/mol. The summed E-state index contributed by atoms with van der Waals surface area (Å²) in [5, 5.41) is 0. The molecule has 4 rings (SSSR count). The van der Waals surface area contributed by atoms with Gasteiger partial charge >= 0.3 is 0 Å². The van der Waals surface area contributed by atoms with Crippen molar-refractivity contribution in [1.29, 1.82) is 0 Å². The Morgan fingerprint density at radius 1 is 1.14 bits per heavy atom. The van der Waals surface area contributed by atoms with E-state index >= 15 is 0 Å². The highest BCUT2D eigenvalue weighted by molar-refractivity contribution is 5.88. The van der Waals surface area contributed by atoms with Crippen molar-refractivity contribution in [3.63, 3.8) is 0 Å². The topological polar surface area (TPSA) is 17.3 Å². The molecule has 0 fully saturated rings. The summed E-state index contributed by atoms with van der Waals surface area (Å²) in [6.07, 6.45) is 6.51. The molecule has 0 saturated heterocycles. The van der Waals surface area contributed by atoms with E-state index in [2.05, 4.69) is 67.8 Å². The fraction of sp³-hybridized carbons (Fsp3) is 0.250. The normalized spacial score (nSPS) is 13.5. The number of benzene rings is 1. The number of aryl methyl sites for hydroxylation is 3. The van der Waals surface area contributed by atoms with Gasteiger partial charge in [-0.05, 0) is 66.3 Å². The summed E-state index contributed by atoms with van der Waals surface area (Å²) in [6, 6.07) is 11.1. The van der Waals surface area contributed by atoms with Crippen LogP contribution in [0.1, 0.15) is 40.6 Å². The Labute approximate surface area is 131 Å². The molecule has 0 spiro atoms. The fourth-order valence-corrected chi connectivity index (χ4v) is 3.33. The van der Waals surface area contributed by atoms with Crippen LogP contribution in [0.4, 0.5) is 0 Å². The van der Waals surface area contributed by atoms with Crippen molar-refractivity contribution in [3.05, 3.63) is 70.2 Å². The molecule has 2 aromatic heterocycles. The molecule has 3 aromatic rings. The smallest absolute Gasteiger partial charge is 0.137 e. The molecule has 0 aliphatic heterocycles. The van der Waals surface area contributed by atoms with Gasteiger partial charge in [-0.1, -0.05) is 25.1 Å². The fourth-order valence-electron chi connectivity index (χ4n) is 3.33. The summed E-state index contributed by atoms with van der Waals surface area (Å²) < 4.78 is 2.18. The highest BCUT2D eigenvalue weighted by Gasteiger charge is 2.19. The summed E-state index contributed by atoms with van der Waals surface area (Å²) in [5.41, 5.74) is 10.2. The molecule has 0 bridgehead atoms. The number of aromatic nitrogens is 2. The third kappa shape index (κ3) is 1.98. The van der Waals surface area contributed by atoms with Gasteiger partial charge in [-0.2, -0.15) is 0 Å². The van der Waals surface area contributed by atoms with Crippen LogP contribution in [0.25, 0.3) is 17.3 Å². The quantitative estimate of drug-likeness (QED) is 0.673. The van der Waals surface area contributed by atoms with Crippen LogP contribution in [0.5, 0.6) is 0 Å². The highest BCUT2D eigenvalue weighted by atomic mass is 15.0. The molecule has 0 amide bonds. The van der Waals surface area contributed by atoms with E-state index in [1.54, 1.807) is 0 Å². The number of nitrogens with zero attached hydrogens (tertiary/aromatic N) is 2. The van der Waals surface area contributed by atoms with Crippen LogP contribution in [-0.2, 0) is 12.8 Å². The second-order valence-electron chi connectivity index (χ2n) is 6.21. The van der Waals surface area contributed by atoms with E-state index in [9.17, 15) is 0 Å². The van der Waals surface area contributed by atoms with Crippen molar-refractivity contribution in [3.8, 4) is 0 Å². The van der Waals surface area contributed by atoms with Crippen LogP contribution >= 0.6 is 0 Å². The van der Waals surface area contributed by atoms with Crippen LogP contribution in [0.2, 0.25) is 0 Å². The Morgan fingerprint density at radius 2 is 2.00 bits per heavy atom. The summed E-state index contributed by atoms with van der Waals surface area (Å²) in [5.74, 6) is 0. The van der Waals surface area contributed by atoms with Crippen LogP contribution in [0.3, 0.4) is 0 Å². The predicted molar refractivity (Wildman–Crippen MR) is 92.1 cm³/mol. The lowest BCUT2D eigenvalue weighted by atomic mass is 10.0. The summed E-state index contributed by atoms with van der Waals surface area (Å²) in [7, 11) is 0. The third-order valence-electron chi connectivity index (χ3n) is 4.65. The minimum Gasteiger partial charge on any atom is -0.304 e. The maximum atomic E-state index is 4.88. The first-order chi connectivity index (χ1) is 10.7. The number of allylic oxidation sites excluding steroid dienone is 1. The van der Waals surface area contributed by atoms with Gasteiger partial charge in [0.2, 0.25) is 0 Å². The number of imidazole rings is 1. The minimum absolute atomic E-state index is 0.989. The number of pyridine rings is 1. The lowest BCUT2D eigenvalue weighted by Gasteiger charge is -2.02. The molecule has 1 aromatic carbocycles. The van der Waals surface area contributed by atoms with E-state index in [0.29, 0.717) is 0 Å². The second kappa shape index (κ2) is 4.84. The zero-order valence-electron chi connectivity index (χ0n) is 13.4.